The van der Waals surface area contributed by atoms with Crippen molar-refractivity contribution in [2.45, 2.75) is 31.8 Å². The average Bonchev–Trinajstić information content (AvgIpc) is 2.69. The van der Waals surface area contributed by atoms with Crippen LogP contribution in [-0.2, 0) is 11.3 Å². The van der Waals surface area contributed by atoms with Gasteiger partial charge in [-0.2, -0.15) is 0 Å². The van der Waals surface area contributed by atoms with E-state index in [-0.39, 0.29) is 12.6 Å². The quantitative estimate of drug-likeness (QED) is 0.906. The van der Waals surface area contributed by atoms with Crippen molar-refractivity contribution in [3.8, 4) is 0 Å². The van der Waals surface area contributed by atoms with Gasteiger partial charge in [0.2, 0.25) is 0 Å². The Bertz CT molecular complexity index is 525. The van der Waals surface area contributed by atoms with Gasteiger partial charge in [-0.05, 0) is 45.5 Å². The maximum Gasteiger partial charge on any atom is 0.317 e. The Labute approximate surface area is 129 Å². The summed E-state index contributed by atoms with van der Waals surface area (Å²) in [6.07, 6.45) is 2.68. The number of carboxylic acid groups (broad SMARTS) is 1. The second-order valence-electron chi connectivity index (χ2n) is 5.88. The molecule has 6 heteroatoms. The van der Waals surface area contributed by atoms with Crippen LogP contribution in [0.3, 0.4) is 0 Å². The van der Waals surface area contributed by atoms with Crippen molar-refractivity contribution < 1.29 is 18.7 Å². The second-order valence-corrected chi connectivity index (χ2v) is 5.88. The van der Waals surface area contributed by atoms with Crippen LogP contribution in [0, 0.1) is 11.6 Å². The molecular weight excluding hydrogens is 290 g/mol. The van der Waals surface area contributed by atoms with E-state index in [2.05, 4.69) is 4.90 Å². The van der Waals surface area contributed by atoms with Crippen molar-refractivity contribution in [2.75, 3.05) is 26.7 Å². The zero-order valence-electron chi connectivity index (χ0n) is 12.8. The third-order valence-electron chi connectivity index (χ3n) is 4.22. The Morgan fingerprint density at radius 1 is 1.36 bits per heavy atom. The van der Waals surface area contributed by atoms with Gasteiger partial charge in [-0.25, -0.2) is 8.78 Å². The van der Waals surface area contributed by atoms with Crippen molar-refractivity contribution in [3.05, 3.63) is 35.4 Å². The SMILES string of the molecule is CN(CC(=O)O)C1CCCN(Cc2cccc(F)c2F)CC1. The molecule has 1 aliphatic rings. The molecule has 1 aliphatic heterocycles. The molecule has 4 nitrogen and oxygen atoms in total. The van der Waals surface area contributed by atoms with Crippen LogP contribution >= 0.6 is 0 Å². The van der Waals surface area contributed by atoms with Crippen LogP contribution in [0.2, 0.25) is 0 Å². The Hall–Kier alpha value is -1.53. The monoisotopic (exact) mass is 312 g/mol. The van der Waals surface area contributed by atoms with Crippen molar-refractivity contribution in [3.63, 3.8) is 0 Å². The predicted octanol–water partition coefficient (Wildman–Crippen LogP) is 2.34. The molecule has 0 aromatic heterocycles. The first-order chi connectivity index (χ1) is 10.5. The number of aliphatic carboxylic acids is 1. The third kappa shape index (κ3) is 4.48. The fourth-order valence-corrected chi connectivity index (χ4v) is 2.99. The van der Waals surface area contributed by atoms with Gasteiger partial charge in [-0.3, -0.25) is 14.6 Å². The van der Waals surface area contributed by atoms with E-state index < -0.39 is 17.6 Å². The third-order valence-corrected chi connectivity index (χ3v) is 4.22. The summed E-state index contributed by atoms with van der Waals surface area (Å²) in [6.45, 7) is 1.99. The maximum absolute atomic E-state index is 13.7. The standard InChI is InChI=1S/C16H22F2N2O2/c1-19(11-15(21)22)13-5-3-8-20(9-7-13)10-12-4-2-6-14(17)16(12)18/h2,4,6,13H,3,5,7-11H2,1H3,(H,21,22). The van der Waals surface area contributed by atoms with E-state index >= 15 is 0 Å². The number of likely N-dealkylation sites (tertiary alicyclic amines) is 1. The summed E-state index contributed by atoms with van der Waals surface area (Å²) < 4.78 is 27.0. The van der Waals surface area contributed by atoms with Crippen LogP contribution in [-0.4, -0.2) is 53.6 Å². The minimum Gasteiger partial charge on any atom is -0.480 e. The number of carboxylic acids is 1. The molecular formula is C16H22F2N2O2. The second kappa shape index (κ2) is 7.65. The van der Waals surface area contributed by atoms with E-state index in [4.69, 9.17) is 5.11 Å². The first-order valence-electron chi connectivity index (χ1n) is 7.54. The molecule has 2 rings (SSSR count). The molecule has 122 valence electrons. The maximum atomic E-state index is 13.7. The number of likely N-dealkylation sites (N-methyl/N-ethyl adjacent to an activating group) is 1. The minimum atomic E-state index is -0.828. The van der Waals surface area contributed by atoms with Gasteiger partial charge in [-0.15, -0.1) is 0 Å². The molecule has 1 unspecified atom stereocenters. The summed E-state index contributed by atoms with van der Waals surface area (Å²) in [7, 11) is 1.82. The number of halogens is 2. The van der Waals surface area contributed by atoms with Crippen molar-refractivity contribution in [1.29, 1.82) is 0 Å². The van der Waals surface area contributed by atoms with Crippen LogP contribution in [0.25, 0.3) is 0 Å². The van der Waals surface area contributed by atoms with Gasteiger partial charge in [0.1, 0.15) is 0 Å². The Morgan fingerprint density at radius 2 is 2.14 bits per heavy atom. The van der Waals surface area contributed by atoms with Gasteiger partial charge in [0.05, 0.1) is 6.54 Å². The van der Waals surface area contributed by atoms with Crippen LogP contribution < -0.4 is 0 Å². The lowest BCUT2D eigenvalue weighted by Gasteiger charge is -2.25. The molecule has 1 saturated heterocycles. The van der Waals surface area contributed by atoms with Crippen LogP contribution in [0.5, 0.6) is 0 Å². The number of hydrogen-bond donors (Lipinski definition) is 1. The lowest BCUT2D eigenvalue weighted by molar-refractivity contribution is -0.138. The largest absolute Gasteiger partial charge is 0.480 e. The molecule has 1 heterocycles. The number of hydrogen-bond acceptors (Lipinski definition) is 3. The highest BCUT2D eigenvalue weighted by atomic mass is 19.2. The summed E-state index contributed by atoms with van der Waals surface area (Å²) in [5.41, 5.74) is 0.373. The molecule has 1 aromatic rings. The summed E-state index contributed by atoms with van der Waals surface area (Å²) in [4.78, 5) is 14.7. The highest BCUT2D eigenvalue weighted by Crippen LogP contribution is 2.19. The Balaban J connectivity index is 1.93. The summed E-state index contributed by atoms with van der Waals surface area (Å²) in [5, 5.41) is 8.86. The molecule has 1 atom stereocenters. The molecule has 0 aliphatic carbocycles. The first kappa shape index (κ1) is 16.8. The van der Waals surface area contributed by atoms with E-state index in [1.54, 1.807) is 6.07 Å². The first-order valence-corrected chi connectivity index (χ1v) is 7.54. The molecule has 22 heavy (non-hydrogen) atoms. The van der Waals surface area contributed by atoms with Gasteiger partial charge in [0, 0.05) is 18.2 Å². The highest BCUT2D eigenvalue weighted by molar-refractivity contribution is 5.69. The van der Waals surface area contributed by atoms with E-state index in [0.717, 1.165) is 38.4 Å². The van der Waals surface area contributed by atoms with Crippen molar-refractivity contribution in [2.24, 2.45) is 0 Å². The summed E-state index contributed by atoms with van der Waals surface area (Å²) >= 11 is 0. The molecule has 0 bridgehead atoms. The smallest absolute Gasteiger partial charge is 0.317 e. The van der Waals surface area contributed by atoms with Gasteiger partial charge in [0.15, 0.2) is 11.6 Å². The lowest BCUT2D eigenvalue weighted by Crippen LogP contribution is -2.36. The predicted molar refractivity (Wildman–Crippen MR) is 79.5 cm³/mol. The molecule has 0 spiro atoms. The van der Waals surface area contributed by atoms with Crippen LogP contribution in [0.4, 0.5) is 8.78 Å². The zero-order chi connectivity index (χ0) is 16.1. The van der Waals surface area contributed by atoms with E-state index in [9.17, 15) is 13.6 Å². The van der Waals surface area contributed by atoms with Crippen molar-refractivity contribution in [1.82, 2.24) is 9.80 Å². The number of benzene rings is 1. The summed E-state index contributed by atoms with van der Waals surface area (Å²) in [6, 6.07) is 4.48. The summed E-state index contributed by atoms with van der Waals surface area (Å²) in [5.74, 6) is -2.41. The van der Waals surface area contributed by atoms with E-state index in [1.807, 2.05) is 11.9 Å². The minimum absolute atomic E-state index is 0.0309. The van der Waals surface area contributed by atoms with Gasteiger partial charge >= 0.3 is 5.97 Å². The molecule has 1 fully saturated rings. The van der Waals surface area contributed by atoms with Gasteiger partial charge in [0.25, 0.3) is 0 Å². The fraction of sp³-hybridized carbons (Fsp3) is 0.562. The lowest BCUT2D eigenvalue weighted by atomic mass is 10.1. The average molecular weight is 312 g/mol. The number of rotatable bonds is 5. The molecule has 0 radical (unpaired) electrons. The van der Waals surface area contributed by atoms with Gasteiger partial charge < -0.3 is 5.11 Å². The molecule has 0 saturated carbocycles. The van der Waals surface area contributed by atoms with Gasteiger partial charge in [-0.1, -0.05) is 12.1 Å². The molecule has 1 N–H and O–H groups in total. The normalized spacial score (nSPS) is 20.1. The fourth-order valence-electron chi connectivity index (χ4n) is 2.99. The number of carbonyl (C=O) groups is 1. The zero-order valence-corrected chi connectivity index (χ0v) is 12.8. The van der Waals surface area contributed by atoms with Crippen molar-refractivity contribution >= 4 is 5.97 Å². The molecule has 1 aromatic carbocycles. The van der Waals surface area contributed by atoms with E-state index in [0.29, 0.717) is 12.1 Å². The van der Waals surface area contributed by atoms with Crippen LogP contribution in [0.15, 0.2) is 18.2 Å². The van der Waals surface area contributed by atoms with Crippen LogP contribution in [0.1, 0.15) is 24.8 Å². The Morgan fingerprint density at radius 3 is 2.86 bits per heavy atom. The molecule has 0 amide bonds. The number of nitrogens with zero attached hydrogens (tertiary/aromatic N) is 2. The highest BCUT2D eigenvalue weighted by Gasteiger charge is 2.22. The van der Waals surface area contributed by atoms with E-state index in [1.165, 1.54) is 6.07 Å². The topological polar surface area (TPSA) is 43.8 Å². The Kier molecular flexibility index (Phi) is 5.85.